The van der Waals surface area contributed by atoms with Crippen molar-refractivity contribution >= 4 is 17.5 Å². The molecule has 1 aromatic heterocycles. The van der Waals surface area contributed by atoms with Crippen LogP contribution >= 0.6 is 0 Å². The maximum absolute atomic E-state index is 4.55. The number of anilines is 3. The summed E-state index contributed by atoms with van der Waals surface area (Å²) in [6.07, 6.45) is 1.04. The van der Waals surface area contributed by atoms with E-state index in [-0.39, 0.29) is 5.41 Å². The zero-order valence-electron chi connectivity index (χ0n) is 15.1. The highest BCUT2D eigenvalue weighted by molar-refractivity contribution is 5.58. The molecule has 1 heterocycles. The van der Waals surface area contributed by atoms with Gasteiger partial charge in [0.15, 0.2) is 0 Å². The van der Waals surface area contributed by atoms with Crippen LogP contribution in [0.1, 0.15) is 52.3 Å². The van der Waals surface area contributed by atoms with Gasteiger partial charge in [-0.05, 0) is 43.4 Å². The Kier molecular flexibility index (Phi) is 5.24. The predicted octanol–water partition coefficient (Wildman–Crippen LogP) is 5.04. The summed E-state index contributed by atoms with van der Waals surface area (Å²) >= 11 is 0. The van der Waals surface area contributed by atoms with Gasteiger partial charge in [0.1, 0.15) is 5.82 Å². The number of aromatic nitrogens is 2. The Balaban J connectivity index is 2.16. The zero-order valence-corrected chi connectivity index (χ0v) is 15.1. The van der Waals surface area contributed by atoms with Gasteiger partial charge in [-0.25, -0.2) is 4.98 Å². The molecule has 0 bridgehead atoms. The highest BCUT2D eigenvalue weighted by Crippen LogP contribution is 2.25. The van der Waals surface area contributed by atoms with Crippen molar-refractivity contribution in [1.82, 2.24) is 9.97 Å². The molecule has 0 saturated carbocycles. The van der Waals surface area contributed by atoms with Gasteiger partial charge < -0.3 is 10.6 Å². The fraction of sp³-hybridized carbons (Fsp3) is 0.474. The maximum atomic E-state index is 4.55. The molecule has 0 amide bonds. The van der Waals surface area contributed by atoms with E-state index in [0.29, 0.717) is 12.0 Å². The van der Waals surface area contributed by atoms with E-state index in [1.165, 1.54) is 5.56 Å². The lowest BCUT2D eigenvalue weighted by Crippen LogP contribution is -2.16. The number of nitrogens with one attached hydrogen (secondary N) is 2. The number of hydrogen-bond acceptors (Lipinski definition) is 4. The van der Waals surface area contributed by atoms with Gasteiger partial charge in [-0.3, -0.25) is 0 Å². The highest BCUT2D eigenvalue weighted by Gasteiger charge is 2.13. The minimum atomic E-state index is 0.164. The fourth-order valence-electron chi connectivity index (χ4n) is 2.22. The van der Waals surface area contributed by atoms with Crippen LogP contribution in [0, 0.1) is 6.92 Å². The maximum Gasteiger partial charge on any atom is 0.225 e. The van der Waals surface area contributed by atoms with E-state index in [0.717, 1.165) is 23.6 Å². The number of nitrogens with zero attached hydrogens (tertiary/aromatic N) is 2. The van der Waals surface area contributed by atoms with Gasteiger partial charge in [0, 0.05) is 23.5 Å². The van der Waals surface area contributed by atoms with E-state index in [2.05, 4.69) is 79.5 Å². The number of benzene rings is 1. The Morgan fingerprint density at radius 3 is 2.30 bits per heavy atom. The first-order valence-electron chi connectivity index (χ1n) is 8.27. The number of rotatable bonds is 5. The van der Waals surface area contributed by atoms with E-state index in [1.54, 1.807) is 0 Å². The molecule has 0 fully saturated rings. The van der Waals surface area contributed by atoms with Gasteiger partial charge in [0.2, 0.25) is 5.95 Å². The molecule has 0 saturated heterocycles. The topological polar surface area (TPSA) is 49.8 Å². The molecule has 2 aromatic rings. The van der Waals surface area contributed by atoms with Crippen LogP contribution in [0.15, 0.2) is 30.3 Å². The number of aryl methyl sites for hydroxylation is 1. The van der Waals surface area contributed by atoms with Gasteiger partial charge in [0.05, 0.1) is 0 Å². The van der Waals surface area contributed by atoms with Gasteiger partial charge in [-0.15, -0.1) is 0 Å². The van der Waals surface area contributed by atoms with Crippen LogP contribution in [-0.4, -0.2) is 16.0 Å². The van der Waals surface area contributed by atoms with Crippen LogP contribution in [0.25, 0.3) is 0 Å². The molecular formula is C19H28N4. The third-order valence-electron chi connectivity index (χ3n) is 3.87. The SMILES string of the molecule is CCC(C)Nc1nc(C)cc(Nc2ccc(C(C)(C)C)cc2)n1. The van der Waals surface area contributed by atoms with Gasteiger partial charge >= 0.3 is 0 Å². The van der Waals surface area contributed by atoms with Crippen LogP contribution in [-0.2, 0) is 5.41 Å². The standard InChI is InChI=1S/C19H28N4/c1-7-13(2)20-18-21-14(3)12-17(23-18)22-16-10-8-15(9-11-16)19(4,5)6/h8-13H,7H2,1-6H3,(H2,20,21,22,23). The first-order chi connectivity index (χ1) is 10.8. The summed E-state index contributed by atoms with van der Waals surface area (Å²) in [4.78, 5) is 9.00. The summed E-state index contributed by atoms with van der Waals surface area (Å²) in [5.41, 5.74) is 3.46. The van der Waals surface area contributed by atoms with Gasteiger partial charge in [-0.2, -0.15) is 4.98 Å². The summed E-state index contributed by atoms with van der Waals surface area (Å²) < 4.78 is 0. The van der Waals surface area contributed by atoms with Crippen molar-refractivity contribution in [2.45, 2.75) is 59.4 Å². The second-order valence-corrected chi connectivity index (χ2v) is 7.12. The Bertz CT molecular complexity index is 641. The quantitative estimate of drug-likeness (QED) is 0.812. The summed E-state index contributed by atoms with van der Waals surface area (Å²) in [5.74, 6) is 1.49. The molecule has 0 aliphatic rings. The van der Waals surface area contributed by atoms with Crippen molar-refractivity contribution in [3.63, 3.8) is 0 Å². The van der Waals surface area contributed by atoms with E-state index in [4.69, 9.17) is 0 Å². The molecule has 0 aliphatic heterocycles. The third kappa shape index (κ3) is 4.95. The normalized spacial score (nSPS) is 12.8. The zero-order chi connectivity index (χ0) is 17.0. The highest BCUT2D eigenvalue weighted by atomic mass is 15.2. The first kappa shape index (κ1) is 17.3. The molecule has 23 heavy (non-hydrogen) atoms. The van der Waals surface area contributed by atoms with Crippen molar-refractivity contribution < 1.29 is 0 Å². The van der Waals surface area contributed by atoms with Crippen LogP contribution in [0.2, 0.25) is 0 Å². The summed E-state index contributed by atoms with van der Waals surface area (Å²) in [6.45, 7) is 12.9. The van der Waals surface area contributed by atoms with Crippen molar-refractivity contribution in [2.24, 2.45) is 0 Å². The second-order valence-electron chi connectivity index (χ2n) is 7.12. The Morgan fingerprint density at radius 2 is 1.74 bits per heavy atom. The average Bonchev–Trinajstić information content (AvgIpc) is 2.46. The van der Waals surface area contributed by atoms with E-state index >= 15 is 0 Å². The van der Waals surface area contributed by atoms with Crippen LogP contribution in [0.5, 0.6) is 0 Å². The Hall–Kier alpha value is -2.10. The van der Waals surface area contributed by atoms with Crippen LogP contribution in [0.3, 0.4) is 0 Å². The van der Waals surface area contributed by atoms with E-state index in [9.17, 15) is 0 Å². The summed E-state index contributed by atoms with van der Waals surface area (Å²) in [7, 11) is 0. The predicted molar refractivity (Wildman–Crippen MR) is 98.6 cm³/mol. The average molecular weight is 312 g/mol. The van der Waals surface area contributed by atoms with Crippen molar-refractivity contribution in [3.8, 4) is 0 Å². The molecule has 1 aromatic carbocycles. The van der Waals surface area contributed by atoms with Crippen molar-refractivity contribution in [1.29, 1.82) is 0 Å². The molecule has 0 spiro atoms. The van der Waals surface area contributed by atoms with Crippen molar-refractivity contribution in [2.75, 3.05) is 10.6 Å². The monoisotopic (exact) mass is 312 g/mol. The minimum Gasteiger partial charge on any atom is -0.352 e. The van der Waals surface area contributed by atoms with Crippen molar-refractivity contribution in [3.05, 3.63) is 41.6 Å². The molecule has 2 rings (SSSR count). The molecule has 1 atom stereocenters. The molecule has 4 heteroatoms. The summed E-state index contributed by atoms with van der Waals surface area (Å²) in [5, 5.41) is 6.69. The fourth-order valence-corrected chi connectivity index (χ4v) is 2.22. The molecule has 0 radical (unpaired) electrons. The lowest BCUT2D eigenvalue weighted by molar-refractivity contribution is 0.590. The first-order valence-corrected chi connectivity index (χ1v) is 8.27. The minimum absolute atomic E-state index is 0.164. The van der Waals surface area contributed by atoms with Crippen LogP contribution < -0.4 is 10.6 Å². The van der Waals surface area contributed by atoms with Gasteiger partial charge in [0.25, 0.3) is 0 Å². The molecule has 2 N–H and O–H groups in total. The lowest BCUT2D eigenvalue weighted by atomic mass is 9.87. The van der Waals surface area contributed by atoms with Gasteiger partial charge in [-0.1, -0.05) is 39.8 Å². The summed E-state index contributed by atoms with van der Waals surface area (Å²) in [6, 6.07) is 10.8. The largest absolute Gasteiger partial charge is 0.352 e. The van der Waals surface area contributed by atoms with Crippen LogP contribution in [0.4, 0.5) is 17.5 Å². The molecule has 1 unspecified atom stereocenters. The lowest BCUT2D eigenvalue weighted by Gasteiger charge is -2.19. The third-order valence-corrected chi connectivity index (χ3v) is 3.87. The van der Waals surface area contributed by atoms with E-state index in [1.807, 2.05) is 13.0 Å². The Morgan fingerprint density at radius 1 is 1.09 bits per heavy atom. The number of hydrogen-bond donors (Lipinski definition) is 2. The molecule has 4 nitrogen and oxygen atoms in total. The van der Waals surface area contributed by atoms with E-state index < -0.39 is 0 Å². The Labute approximate surface area is 139 Å². The smallest absolute Gasteiger partial charge is 0.225 e. The molecular weight excluding hydrogens is 284 g/mol. The molecule has 0 aliphatic carbocycles. The second kappa shape index (κ2) is 6.99. The molecule has 124 valence electrons.